The maximum atomic E-state index is 11.8. The summed E-state index contributed by atoms with van der Waals surface area (Å²) < 4.78 is 28.8. The third-order valence-electron chi connectivity index (χ3n) is 3.63. The molecule has 1 heterocycles. The maximum Gasteiger partial charge on any atom is 0.259 e. The van der Waals surface area contributed by atoms with Crippen molar-refractivity contribution in [3.8, 4) is 11.5 Å². The van der Waals surface area contributed by atoms with E-state index in [1.54, 1.807) is 18.2 Å². The quantitative estimate of drug-likeness (QED) is 0.920. The van der Waals surface area contributed by atoms with Gasteiger partial charge in [-0.15, -0.1) is 0 Å². The van der Waals surface area contributed by atoms with Crippen molar-refractivity contribution in [2.75, 3.05) is 6.26 Å². The number of hydrogen-bond acceptors (Lipinski definition) is 6. The summed E-state index contributed by atoms with van der Waals surface area (Å²) in [4.78, 5) is 4.46. The van der Waals surface area contributed by atoms with Gasteiger partial charge in [0, 0.05) is 6.26 Å². The smallest absolute Gasteiger partial charge is 0.259 e. The van der Waals surface area contributed by atoms with Crippen LogP contribution in [0.3, 0.4) is 0 Å². The van der Waals surface area contributed by atoms with Crippen LogP contribution in [0.4, 0.5) is 0 Å². The average molecular weight is 293 g/mol. The largest absolute Gasteiger partial charge is 0.334 e. The molecule has 2 N–H and O–H groups in total. The molecule has 0 atom stereocenters. The van der Waals surface area contributed by atoms with Gasteiger partial charge in [0.15, 0.2) is 15.7 Å². The van der Waals surface area contributed by atoms with Gasteiger partial charge in [0.25, 0.3) is 5.89 Å². The highest BCUT2D eigenvalue weighted by Gasteiger charge is 2.39. The molecule has 0 saturated heterocycles. The summed E-state index contributed by atoms with van der Waals surface area (Å²) in [6, 6.07) is 6.57. The van der Waals surface area contributed by atoms with E-state index in [1.807, 2.05) is 0 Å². The van der Waals surface area contributed by atoms with Crippen LogP contribution in [0, 0.1) is 0 Å². The van der Waals surface area contributed by atoms with E-state index in [4.69, 9.17) is 10.3 Å². The molecule has 2 aromatic rings. The van der Waals surface area contributed by atoms with Crippen LogP contribution in [0.15, 0.2) is 33.7 Å². The molecular formula is C13H15N3O3S. The van der Waals surface area contributed by atoms with Gasteiger partial charge in [0.1, 0.15) is 0 Å². The zero-order valence-electron chi connectivity index (χ0n) is 11.0. The standard InChI is InChI=1S/C13H15N3O3S/c1-20(17,18)10-6-3-2-5-9(10)11-15-12(16-19-11)13(14)7-4-8-13/h2-3,5-6H,4,7-8,14H2,1H3. The fraction of sp³-hybridized carbons (Fsp3) is 0.385. The number of nitrogens with zero attached hydrogens (tertiary/aromatic N) is 2. The van der Waals surface area contributed by atoms with Crippen LogP contribution in [-0.2, 0) is 15.4 Å². The van der Waals surface area contributed by atoms with Crippen molar-refractivity contribution < 1.29 is 12.9 Å². The highest BCUT2D eigenvalue weighted by molar-refractivity contribution is 7.90. The third kappa shape index (κ3) is 2.12. The number of benzene rings is 1. The van der Waals surface area contributed by atoms with Gasteiger partial charge >= 0.3 is 0 Å². The minimum Gasteiger partial charge on any atom is -0.334 e. The molecule has 20 heavy (non-hydrogen) atoms. The molecule has 0 unspecified atom stereocenters. The van der Waals surface area contributed by atoms with Crippen LogP contribution in [0.5, 0.6) is 0 Å². The highest BCUT2D eigenvalue weighted by atomic mass is 32.2. The lowest BCUT2D eigenvalue weighted by Gasteiger charge is -2.34. The summed E-state index contributed by atoms with van der Waals surface area (Å²) in [6.07, 6.45) is 3.83. The van der Waals surface area contributed by atoms with Gasteiger partial charge in [-0.05, 0) is 31.4 Å². The lowest BCUT2D eigenvalue weighted by atomic mass is 9.77. The van der Waals surface area contributed by atoms with Crippen molar-refractivity contribution in [3.05, 3.63) is 30.1 Å². The fourth-order valence-corrected chi connectivity index (χ4v) is 3.16. The molecule has 6 nitrogen and oxygen atoms in total. The number of hydrogen-bond donors (Lipinski definition) is 1. The van der Waals surface area contributed by atoms with Gasteiger partial charge in [-0.25, -0.2) is 8.42 Å². The Balaban J connectivity index is 2.07. The van der Waals surface area contributed by atoms with E-state index >= 15 is 0 Å². The van der Waals surface area contributed by atoms with Crippen molar-refractivity contribution in [2.45, 2.75) is 29.7 Å². The zero-order chi connectivity index (χ0) is 14.4. The van der Waals surface area contributed by atoms with Crippen LogP contribution < -0.4 is 5.73 Å². The van der Waals surface area contributed by atoms with Crippen LogP contribution in [0.2, 0.25) is 0 Å². The molecule has 1 aliphatic rings. The van der Waals surface area contributed by atoms with Gasteiger partial charge in [0.05, 0.1) is 16.0 Å². The Morgan fingerprint density at radius 2 is 2.00 bits per heavy atom. The fourth-order valence-electron chi connectivity index (χ4n) is 2.28. The molecule has 1 fully saturated rings. The van der Waals surface area contributed by atoms with Crippen LogP contribution in [0.1, 0.15) is 25.1 Å². The second-order valence-corrected chi connectivity index (χ2v) is 7.19. The number of nitrogens with two attached hydrogens (primary N) is 1. The van der Waals surface area contributed by atoms with Crippen molar-refractivity contribution in [1.82, 2.24) is 10.1 Å². The molecular weight excluding hydrogens is 278 g/mol. The normalized spacial score (nSPS) is 17.7. The molecule has 7 heteroatoms. The topological polar surface area (TPSA) is 99.1 Å². The Kier molecular flexibility index (Phi) is 2.91. The molecule has 1 aromatic heterocycles. The third-order valence-corrected chi connectivity index (χ3v) is 4.79. The Morgan fingerprint density at radius 3 is 2.60 bits per heavy atom. The second-order valence-electron chi connectivity index (χ2n) is 5.20. The molecule has 0 aliphatic heterocycles. The second kappa shape index (κ2) is 4.39. The minimum absolute atomic E-state index is 0.176. The lowest BCUT2D eigenvalue weighted by molar-refractivity contribution is 0.229. The first-order chi connectivity index (χ1) is 9.40. The molecule has 0 spiro atoms. The molecule has 106 valence electrons. The predicted octanol–water partition coefficient (Wildman–Crippen LogP) is 1.48. The summed E-state index contributed by atoms with van der Waals surface area (Å²) >= 11 is 0. The summed E-state index contributed by atoms with van der Waals surface area (Å²) in [6.45, 7) is 0. The van der Waals surface area contributed by atoms with E-state index < -0.39 is 15.4 Å². The lowest BCUT2D eigenvalue weighted by Crippen LogP contribution is -2.44. The van der Waals surface area contributed by atoms with Crippen molar-refractivity contribution in [1.29, 1.82) is 0 Å². The van der Waals surface area contributed by atoms with Crippen LogP contribution >= 0.6 is 0 Å². The first-order valence-electron chi connectivity index (χ1n) is 6.33. The molecule has 1 saturated carbocycles. The SMILES string of the molecule is CS(=O)(=O)c1ccccc1-c1nc(C2(N)CCC2)no1. The maximum absolute atomic E-state index is 11.8. The predicted molar refractivity (Wildman–Crippen MR) is 72.6 cm³/mol. The van der Waals surface area contributed by atoms with Crippen molar-refractivity contribution in [2.24, 2.45) is 5.73 Å². The van der Waals surface area contributed by atoms with Crippen LogP contribution in [-0.4, -0.2) is 24.8 Å². The first kappa shape index (κ1) is 13.3. The van der Waals surface area contributed by atoms with E-state index in [1.165, 1.54) is 6.07 Å². The van der Waals surface area contributed by atoms with E-state index in [0.29, 0.717) is 11.4 Å². The minimum atomic E-state index is -3.36. The van der Waals surface area contributed by atoms with Crippen molar-refractivity contribution >= 4 is 9.84 Å². The Labute approximate surface area is 116 Å². The summed E-state index contributed by atoms with van der Waals surface area (Å²) in [7, 11) is -3.36. The van der Waals surface area contributed by atoms with E-state index in [-0.39, 0.29) is 10.8 Å². The molecule has 0 amide bonds. The number of aromatic nitrogens is 2. The van der Waals surface area contributed by atoms with Gasteiger partial charge in [-0.3, -0.25) is 0 Å². The summed E-state index contributed by atoms with van der Waals surface area (Å²) in [5.41, 5.74) is 6.02. The average Bonchev–Trinajstić information content (AvgIpc) is 2.84. The zero-order valence-corrected chi connectivity index (χ0v) is 11.9. The van der Waals surface area contributed by atoms with Gasteiger partial charge in [-0.2, -0.15) is 4.98 Å². The van der Waals surface area contributed by atoms with Gasteiger partial charge in [0.2, 0.25) is 0 Å². The molecule has 0 radical (unpaired) electrons. The van der Waals surface area contributed by atoms with E-state index in [2.05, 4.69) is 10.1 Å². The highest BCUT2D eigenvalue weighted by Crippen LogP contribution is 2.38. The molecule has 1 aliphatic carbocycles. The number of rotatable bonds is 3. The Hall–Kier alpha value is -1.73. The molecule has 1 aromatic carbocycles. The summed E-state index contributed by atoms with van der Waals surface area (Å²) in [5, 5.41) is 3.90. The van der Waals surface area contributed by atoms with Gasteiger partial charge < -0.3 is 10.3 Å². The Bertz CT molecular complexity index is 748. The number of sulfone groups is 1. The molecule has 3 rings (SSSR count). The van der Waals surface area contributed by atoms with E-state index in [9.17, 15) is 8.42 Å². The summed E-state index contributed by atoms with van der Waals surface area (Å²) in [5.74, 6) is 0.639. The first-order valence-corrected chi connectivity index (χ1v) is 8.22. The van der Waals surface area contributed by atoms with E-state index in [0.717, 1.165) is 25.5 Å². The van der Waals surface area contributed by atoms with Gasteiger partial charge in [-0.1, -0.05) is 17.3 Å². The monoisotopic (exact) mass is 293 g/mol. The molecule has 0 bridgehead atoms. The van der Waals surface area contributed by atoms with Crippen molar-refractivity contribution in [3.63, 3.8) is 0 Å². The van der Waals surface area contributed by atoms with Crippen LogP contribution in [0.25, 0.3) is 11.5 Å². The Morgan fingerprint density at radius 1 is 1.30 bits per heavy atom.